The molecule has 1 unspecified atom stereocenters. The molecule has 0 radical (unpaired) electrons. The Labute approximate surface area is 160 Å². The van der Waals surface area contributed by atoms with Crippen molar-refractivity contribution < 1.29 is 9.59 Å². The van der Waals surface area contributed by atoms with Gasteiger partial charge < -0.3 is 16.0 Å². The fourth-order valence-electron chi connectivity index (χ4n) is 3.58. The summed E-state index contributed by atoms with van der Waals surface area (Å²) in [5.41, 5.74) is 10.0. The molecule has 1 atom stereocenters. The molecular formula is C22H27N3O2. The lowest BCUT2D eigenvalue weighted by Gasteiger charge is -2.33. The molecule has 0 spiro atoms. The van der Waals surface area contributed by atoms with Gasteiger partial charge in [0.05, 0.1) is 0 Å². The van der Waals surface area contributed by atoms with Crippen molar-refractivity contribution in [2.45, 2.75) is 46.1 Å². The highest BCUT2D eigenvalue weighted by atomic mass is 16.2. The average molecular weight is 365 g/mol. The van der Waals surface area contributed by atoms with E-state index in [4.69, 9.17) is 5.73 Å². The van der Waals surface area contributed by atoms with E-state index in [9.17, 15) is 9.59 Å². The highest BCUT2D eigenvalue weighted by molar-refractivity contribution is 6.06. The van der Waals surface area contributed by atoms with Crippen LogP contribution in [0.2, 0.25) is 0 Å². The number of benzene rings is 2. The lowest BCUT2D eigenvalue weighted by molar-refractivity contribution is 0.0635. The Morgan fingerprint density at radius 1 is 1.07 bits per heavy atom. The third-order valence-electron chi connectivity index (χ3n) is 5.29. The van der Waals surface area contributed by atoms with Gasteiger partial charge in [0.1, 0.15) is 0 Å². The number of aryl methyl sites for hydroxylation is 2. The molecule has 3 rings (SSSR count). The van der Waals surface area contributed by atoms with E-state index in [-0.39, 0.29) is 17.9 Å². The number of nitrogens with one attached hydrogen (secondary N) is 1. The van der Waals surface area contributed by atoms with Crippen molar-refractivity contribution in [2.24, 2.45) is 0 Å². The monoisotopic (exact) mass is 365 g/mol. The number of amides is 2. The minimum atomic E-state index is -0.202. The van der Waals surface area contributed by atoms with Gasteiger partial charge in [-0.2, -0.15) is 0 Å². The molecular weight excluding hydrogens is 338 g/mol. The molecule has 2 aromatic carbocycles. The van der Waals surface area contributed by atoms with Crippen molar-refractivity contribution in [1.29, 1.82) is 0 Å². The maximum absolute atomic E-state index is 12.8. The summed E-state index contributed by atoms with van der Waals surface area (Å²) < 4.78 is 0. The molecule has 5 heteroatoms. The first-order chi connectivity index (χ1) is 12.9. The number of nitrogens with two attached hydrogens (primary N) is 1. The molecule has 0 aliphatic carbocycles. The van der Waals surface area contributed by atoms with Gasteiger partial charge >= 0.3 is 0 Å². The average Bonchev–Trinajstić information content (AvgIpc) is 2.65. The summed E-state index contributed by atoms with van der Waals surface area (Å²) in [6.45, 7) is 6.69. The number of hydrogen-bond donors (Lipinski definition) is 2. The molecule has 1 aliphatic rings. The third-order valence-corrected chi connectivity index (χ3v) is 5.29. The predicted molar refractivity (Wildman–Crippen MR) is 109 cm³/mol. The quantitative estimate of drug-likeness (QED) is 0.802. The smallest absolute Gasteiger partial charge is 0.256 e. The number of carbonyl (C=O) groups is 2. The first-order valence-electron chi connectivity index (χ1n) is 9.46. The molecule has 1 fully saturated rings. The lowest BCUT2D eigenvalue weighted by atomic mass is 10.0. The molecule has 5 nitrogen and oxygen atoms in total. The van der Waals surface area contributed by atoms with Gasteiger partial charge in [-0.05, 0) is 81.5 Å². The highest BCUT2D eigenvalue weighted by Crippen LogP contribution is 2.23. The summed E-state index contributed by atoms with van der Waals surface area (Å²) in [6.07, 6.45) is 3.29. The van der Waals surface area contributed by atoms with Gasteiger partial charge in [0.15, 0.2) is 0 Å². The summed E-state index contributed by atoms with van der Waals surface area (Å²) in [4.78, 5) is 27.4. The Morgan fingerprint density at radius 2 is 1.85 bits per heavy atom. The van der Waals surface area contributed by atoms with Gasteiger partial charge in [0, 0.05) is 35.1 Å². The van der Waals surface area contributed by atoms with E-state index in [1.165, 1.54) is 6.42 Å². The summed E-state index contributed by atoms with van der Waals surface area (Å²) >= 11 is 0. The van der Waals surface area contributed by atoms with Crippen LogP contribution in [0.1, 0.15) is 58.0 Å². The van der Waals surface area contributed by atoms with Crippen LogP contribution in [0.15, 0.2) is 36.4 Å². The van der Waals surface area contributed by atoms with Crippen molar-refractivity contribution in [3.63, 3.8) is 0 Å². The first-order valence-corrected chi connectivity index (χ1v) is 9.46. The number of carbonyl (C=O) groups excluding carboxylic acids is 2. The van der Waals surface area contributed by atoms with Gasteiger partial charge in [0.25, 0.3) is 11.8 Å². The standard InChI is InChI=1S/C22H27N3O2/c1-14-7-9-18(23)13-19(14)21(26)24-20-10-8-17(12-15(20)2)22(27)25-11-5-4-6-16(25)3/h7-10,12-13,16H,4-6,11,23H2,1-3H3,(H,24,26). The van der Waals surface area contributed by atoms with Crippen LogP contribution in [0.3, 0.4) is 0 Å². The second kappa shape index (κ2) is 7.82. The largest absolute Gasteiger partial charge is 0.399 e. The van der Waals surface area contributed by atoms with Crippen LogP contribution < -0.4 is 11.1 Å². The zero-order chi connectivity index (χ0) is 19.6. The Balaban J connectivity index is 1.77. The lowest BCUT2D eigenvalue weighted by Crippen LogP contribution is -2.42. The van der Waals surface area contributed by atoms with Crippen LogP contribution in [0, 0.1) is 13.8 Å². The SMILES string of the molecule is Cc1cc(C(=O)N2CCCCC2C)ccc1NC(=O)c1cc(N)ccc1C. The summed E-state index contributed by atoms with van der Waals surface area (Å²) in [5, 5.41) is 2.93. The number of anilines is 2. The summed E-state index contributed by atoms with van der Waals surface area (Å²) in [5.74, 6) is -0.138. The molecule has 0 aromatic heterocycles. The number of rotatable bonds is 3. The van der Waals surface area contributed by atoms with E-state index >= 15 is 0 Å². The first kappa shape index (κ1) is 19.0. The molecule has 2 amide bonds. The molecule has 1 saturated heterocycles. The van der Waals surface area contributed by atoms with E-state index in [0.29, 0.717) is 22.5 Å². The van der Waals surface area contributed by atoms with Crippen LogP contribution in [0.25, 0.3) is 0 Å². The van der Waals surface area contributed by atoms with Crippen LogP contribution >= 0.6 is 0 Å². The normalized spacial score (nSPS) is 16.9. The highest BCUT2D eigenvalue weighted by Gasteiger charge is 2.24. The van der Waals surface area contributed by atoms with Gasteiger partial charge in [-0.15, -0.1) is 0 Å². The minimum absolute atomic E-state index is 0.0647. The molecule has 27 heavy (non-hydrogen) atoms. The Hall–Kier alpha value is -2.82. The predicted octanol–water partition coefficient (Wildman–Crippen LogP) is 4.15. The van der Waals surface area contributed by atoms with Crippen molar-refractivity contribution in [3.8, 4) is 0 Å². The maximum atomic E-state index is 12.8. The number of nitrogen functional groups attached to an aromatic ring is 1. The molecule has 0 saturated carbocycles. The van der Waals surface area contributed by atoms with Crippen LogP contribution in [-0.2, 0) is 0 Å². The fourth-order valence-corrected chi connectivity index (χ4v) is 3.58. The Bertz CT molecular complexity index is 876. The van der Waals surface area contributed by atoms with Crippen molar-refractivity contribution in [3.05, 3.63) is 58.7 Å². The van der Waals surface area contributed by atoms with E-state index < -0.39 is 0 Å². The van der Waals surface area contributed by atoms with Crippen LogP contribution in [0.4, 0.5) is 11.4 Å². The van der Waals surface area contributed by atoms with Crippen molar-refractivity contribution >= 4 is 23.2 Å². The van der Waals surface area contributed by atoms with Gasteiger partial charge in [0.2, 0.25) is 0 Å². The third kappa shape index (κ3) is 4.13. The number of hydrogen-bond acceptors (Lipinski definition) is 3. The van der Waals surface area contributed by atoms with E-state index in [1.54, 1.807) is 24.3 Å². The molecule has 142 valence electrons. The maximum Gasteiger partial charge on any atom is 0.256 e. The molecule has 2 aromatic rings. The zero-order valence-electron chi connectivity index (χ0n) is 16.2. The molecule has 1 aliphatic heterocycles. The van der Waals surface area contributed by atoms with E-state index in [2.05, 4.69) is 12.2 Å². The fraction of sp³-hybridized carbons (Fsp3) is 0.364. The number of likely N-dealkylation sites (tertiary alicyclic amines) is 1. The molecule has 3 N–H and O–H groups in total. The molecule has 0 bridgehead atoms. The van der Waals surface area contributed by atoms with Gasteiger partial charge in [-0.1, -0.05) is 6.07 Å². The van der Waals surface area contributed by atoms with Gasteiger partial charge in [-0.3, -0.25) is 9.59 Å². The second-order valence-corrected chi connectivity index (χ2v) is 7.40. The Kier molecular flexibility index (Phi) is 5.49. The van der Waals surface area contributed by atoms with Crippen molar-refractivity contribution in [2.75, 3.05) is 17.6 Å². The zero-order valence-corrected chi connectivity index (χ0v) is 16.2. The number of nitrogens with zero attached hydrogens (tertiary/aromatic N) is 1. The minimum Gasteiger partial charge on any atom is -0.399 e. The molecule has 1 heterocycles. The second-order valence-electron chi connectivity index (χ2n) is 7.40. The summed E-state index contributed by atoms with van der Waals surface area (Å²) in [7, 11) is 0. The Morgan fingerprint density at radius 3 is 2.56 bits per heavy atom. The van der Waals surface area contributed by atoms with E-state index in [0.717, 1.165) is 30.5 Å². The number of piperidine rings is 1. The summed E-state index contributed by atoms with van der Waals surface area (Å²) in [6, 6.07) is 11.0. The topological polar surface area (TPSA) is 75.4 Å². The van der Waals surface area contributed by atoms with Gasteiger partial charge in [-0.25, -0.2) is 0 Å². The van der Waals surface area contributed by atoms with Crippen LogP contribution in [0.5, 0.6) is 0 Å². The van der Waals surface area contributed by atoms with Crippen LogP contribution in [-0.4, -0.2) is 29.3 Å². The van der Waals surface area contributed by atoms with Crippen molar-refractivity contribution in [1.82, 2.24) is 4.90 Å². The van der Waals surface area contributed by atoms with E-state index in [1.807, 2.05) is 30.9 Å².